The Bertz CT molecular complexity index is 711. The third-order valence-electron chi connectivity index (χ3n) is 3.18. The molecule has 0 aliphatic heterocycles. The van der Waals surface area contributed by atoms with E-state index in [9.17, 15) is 8.42 Å². The molecule has 0 aliphatic rings. The topological polar surface area (TPSA) is 85.1 Å². The van der Waals surface area contributed by atoms with Crippen LogP contribution in [0, 0.1) is 6.92 Å². The van der Waals surface area contributed by atoms with Crippen molar-refractivity contribution in [3.8, 4) is 0 Å². The predicted octanol–water partition coefficient (Wildman–Crippen LogP) is 1.99. The van der Waals surface area contributed by atoms with Crippen LogP contribution in [0.1, 0.15) is 29.2 Å². The molecule has 5 nitrogen and oxygen atoms in total. The molecule has 1 aromatic carbocycles. The molecule has 0 fully saturated rings. The molecule has 1 unspecified atom stereocenters. The molecule has 0 bridgehead atoms. The molecule has 0 spiro atoms. The molecule has 2 aromatic rings. The van der Waals surface area contributed by atoms with Gasteiger partial charge in [0.2, 0.25) is 10.0 Å². The molecule has 114 valence electrons. The zero-order valence-electron chi connectivity index (χ0n) is 12.0. The highest BCUT2D eigenvalue weighted by molar-refractivity contribution is 7.89. The number of thiazole rings is 1. The summed E-state index contributed by atoms with van der Waals surface area (Å²) in [5.74, 6) is 0. The van der Waals surface area contributed by atoms with Crippen molar-refractivity contribution in [2.75, 3.05) is 6.54 Å². The van der Waals surface area contributed by atoms with Crippen molar-refractivity contribution in [2.24, 2.45) is 5.14 Å². The number of nitrogens with two attached hydrogens (primary N) is 1. The van der Waals surface area contributed by atoms with Crippen LogP contribution in [-0.4, -0.2) is 19.9 Å². The number of sulfonamides is 1. The number of benzene rings is 1. The number of primary sulfonamides is 1. The van der Waals surface area contributed by atoms with Crippen molar-refractivity contribution in [2.45, 2.75) is 31.2 Å². The maximum atomic E-state index is 11.4. The van der Waals surface area contributed by atoms with Gasteiger partial charge >= 0.3 is 0 Å². The van der Waals surface area contributed by atoms with Crippen LogP contribution < -0.4 is 10.5 Å². The summed E-state index contributed by atoms with van der Waals surface area (Å²) in [6.45, 7) is 4.77. The zero-order valence-corrected chi connectivity index (χ0v) is 13.7. The molecule has 1 heterocycles. The van der Waals surface area contributed by atoms with Crippen molar-refractivity contribution < 1.29 is 8.42 Å². The van der Waals surface area contributed by atoms with Crippen molar-refractivity contribution in [3.63, 3.8) is 0 Å². The first-order valence-corrected chi connectivity index (χ1v) is 9.06. The van der Waals surface area contributed by atoms with E-state index in [2.05, 4.69) is 15.7 Å². The molecule has 21 heavy (non-hydrogen) atoms. The second-order valence-electron chi connectivity index (χ2n) is 4.90. The summed E-state index contributed by atoms with van der Waals surface area (Å²) in [6.07, 6.45) is 0.851. The quantitative estimate of drug-likeness (QED) is 0.850. The van der Waals surface area contributed by atoms with Gasteiger partial charge in [-0.1, -0.05) is 12.1 Å². The SMILES string of the molecule is Cc1nc(CCNC(C)c2cccc(S(N)(=O)=O)c2)cs1. The summed E-state index contributed by atoms with van der Waals surface area (Å²) in [5.41, 5.74) is 1.98. The van der Waals surface area contributed by atoms with Gasteiger partial charge in [0, 0.05) is 24.4 Å². The van der Waals surface area contributed by atoms with E-state index in [0.29, 0.717) is 0 Å². The Morgan fingerprint density at radius 2 is 2.19 bits per heavy atom. The van der Waals surface area contributed by atoms with Crippen LogP contribution in [0.25, 0.3) is 0 Å². The van der Waals surface area contributed by atoms with Gasteiger partial charge in [-0.15, -0.1) is 11.3 Å². The molecule has 0 radical (unpaired) electrons. The van der Waals surface area contributed by atoms with E-state index in [1.165, 1.54) is 6.07 Å². The fourth-order valence-electron chi connectivity index (χ4n) is 2.02. The van der Waals surface area contributed by atoms with Crippen molar-refractivity contribution in [1.29, 1.82) is 0 Å². The van der Waals surface area contributed by atoms with Crippen LogP contribution in [0.4, 0.5) is 0 Å². The summed E-state index contributed by atoms with van der Waals surface area (Å²) in [7, 11) is -3.66. The van der Waals surface area contributed by atoms with E-state index in [1.54, 1.807) is 23.5 Å². The van der Waals surface area contributed by atoms with Gasteiger partial charge in [0.15, 0.2) is 0 Å². The molecular weight excluding hydrogens is 306 g/mol. The molecule has 3 N–H and O–H groups in total. The predicted molar refractivity (Wildman–Crippen MR) is 84.8 cm³/mol. The van der Waals surface area contributed by atoms with Gasteiger partial charge in [-0.25, -0.2) is 18.5 Å². The summed E-state index contributed by atoms with van der Waals surface area (Å²) >= 11 is 1.64. The molecule has 7 heteroatoms. The lowest BCUT2D eigenvalue weighted by atomic mass is 10.1. The minimum Gasteiger partial charge on any atom is -0.310 e. The number of nitrogens with one attached hydrogen (secondary N) is 1. The second kappa shape index (κ2) is 6.65. The largest absolute Gasteiger partial charge is 0.310 e. The van der Waals surface area contributed by atoms with Gasteiger partial charge in [0.25, 0.3) is 0 Å². The fourth-order valence-corrected chi connectivity index (χ4v) is 3.23. The summed E-state index contributed by atoms with van der Waals surface area (Å²) < 4.78 is 22.7. The van der Waals surface area contributed by atoms with Crippen LogP contribution in [-0.2, 0) is 16.4 Å². The van der Waals surface area contributed by atoms with Crippen LogP contribution >= 0.6 is 11.3 Å². The van der Waals surface area contributed by atoms with Crippen molar-refractivity contribution >= 4 is 21.4 Å². The Morgan fingerprint density at radius 1 is 1.43 bits per heavy atom. The average Bonchev–Trinajstić information content (AvgIpc) is 2.83. The number of aromatic nitrogens is 1. The molecule has 1 aromatic heterocycles. The third kappa shape index (κ3) is 4.60. The Hall–Kier alpha value is -1.28. The fraction of sp³-hybridized carbons (Fsp3) is 0.357. The lowest BCUT2D eigenvalue weighted by Crippen LogP contribution is -2.22. The monoisotopic (exact) mass is 325 g/mol. The number of rotatable bonds is 6. The van der Waals surface area contributed by atoms with E-state index >= 15 is 0 Å². The lowest BCUT2D eigenvalue weighted by Gasteiger charge is -2.14. The first kappa shape index (κ1) is 16.1. The third-order valence-corrected chi connectivity index (χ3v) is 4.92. The lowest BCUT2D eigenvalue weighted by molar-refractivity contribution is 0.572. The molecular formula is C14H19N3O2S2. The number of nitrogens with zero attached hydrogens (tertiary/aromatic N) is 1. The van der Waals surface area contributed by atoms with Gasteiger partial charge in [0.1, 0.15) is 0 Å². The average molecular weight is 325 g/mol. The number of aryl methyl sites for hydroxylation is 1. The molecule has 1 atom stereocenters. The molecule has 0 saturated heterocycles. The molecule has 0 aliphatic carbocycles. The molecule has 0 saturated carbocycles. The number of hydrogen-bond acceptors (Lipinski definition) is 5. The van der Waals surface area contributed by atoms with Crippen LogP contribution in [0.3, 0.4) is 0 Å². The van der Waals surface area contributed by atoms with Crippen molar-refractivity contribution in [1.82, 2.24) is 10.3 Å². The summed E-state index contributed by atoms with van der Waals surface area (Å²) in [6, 6.07) is 6.76. The Balaban J connectivity index is 1.95. The van der Waals surface area contributed by atoms with E-state index in [4.69, 9.17) is 5.14 Å². The minimum absolute atomic E-state index is 0.0476. The Labute approximate surface area is 129 Å². The van der Waals surface area contributed by atoms with Gasteiger partial charge < -0.3 is 5.32 Å². The van der Waals surface area contributed by atoms with E-state index < -0.39 is 10.0 Å². The van der Waals surface area contributed by atoms with Gasteiger partial charge in [-0.2, -0.15) is 0 Å². The number of hydrogen-bond donors (Lipinski definition) is 2. The van der Waals surface area contributed by atoms with Crippen LogP contribution in [0.2, 0.25) is 0 Å². The Morgan fingerprint density at radius 3 is 2.81 bits per heavy atom. The van der Waals surface area contributed by atoms with E-state index in [-0.39, 0.29) is 10.9 Å². The first-order valence-electron chi connectivity index (χ1n) is 6.63. The smallest absolute Gasteiger partial charge is 0.238 e. The standard InChI is InChI=1S/C14H19N3O2S2/c1-10(16-7-6-13-9-20-11(2)17-13)12-4-3-5-14(8-12)21(15,18)19/h3-5,8-10,16H,6-7H2,1-2H3,(H2,15,18,19). The summed E-state index contributed by atoms with van der Waals surface area (Å²) in [5, 5.41) is 11.6. The van der Waals surface area contributed by atoms with Crippen LogP contribution in [0.5, 0.6) is 0 Å². The zero-order chi connectivity index (χ0) is 15.5. The molecule has 0 amide bonds. The molecule has 2 rings (SSSR count). The van der Waals surface area contributed by atoms with Crippen LogP contribution in [0.15, 0.2) is 34.5 Å². The highest BCUT2D eigenvalue weighted by atomic mass is 32.2. The van der Waals surface area contributed by atoms with E-state index in [0.717, 1.165) is 29.2 Å². The van der Waals surface area contributed by atoms with Gasteiger partial charge in [-0.3, -0.25) is 0 Å². The Kier molecular flexibility index (Phi) is 5.10. The first-order chi connectivity index (χ1) is 9.86. The second-order valence-corrected chi connectivity index (χ2v) is 7.52. The maximum absolute atomic E-state index is 11.4. The van der Waals surface area contributed by atoms with Gasteiger partial charge in [0.05, 0.1) is 15.6 Å². The van der Waals surface area contributed by atoms with Gasteiger partial charge in [-0.05, 0) is 31.5 Å². The minimum atomic E-state index is -3.66. The highest BCUT2D eigenvalue weighted by Crippen LogP contribution is 2.16. The normalized spacial score (nSPS) is 13.3. The van der Waals surface area contributed by atoms with E-state index in [1.807, 2.05) is 19.9 Å². The summed E-state index contributed by atoms with van der Waals surface area (Å²) in [4.78, 5) is 4.55. The highest BCUT2D eigenvalue weighted by Gasteiger charge is 2.11. The maximum Gasteiger partial charge on any atom is 0.238 e. The van der Waals surface area contributed by atoms with Crippen molar-refractivity contribution in [3.05, 3.63) is 45.9 Å².